The number of aromatic nitrogens is 2. The van der Waals surface area contributed by atoms with Crippen LogP contribution < -0.4 is 5.32 Å². The zero-order valence-corrected chi connectivity index (χ0v) is 12.5. The molecule has 3 aromatic rings. The van der Waals surface area contributed by atoms with E-state index in [2.05, 4.69) is 39.0 Å². The van der Waals surface area contributed by atoms with E-state index in [1.807, 2.05) is 36.7 Å². The predicted octanol–water partition coefficient (Wildman–Crippen LogP) is 2.94. The number of nitrogens with one attached hydrogen (secondary N) is 1. The Morgan fingerprint density at radius 2 is 1.91 bits per heavy atom. The summed E-state index contributed by atoms with van der Waals surface area (Å²) in [4.78, 5) is 4.41. The van der Waals surface area contributed by atoms with Gasteiger partial charge in [-0.15, -0.1) is 0 Å². The Balaban J connectivity index is 1.73. The number of fused-ring (bicyclic) bond motifs is 1. The molecule has 0 radical (unpaired) electrons. The van der Waals surface area contributed by atoms with Gasteiger partial charge in [0, 0.05) is 25.4 Å². The minimum Gasteiger partial charge on any atom is -0.396 e. The van der Waals surface area contributed by atoms with Crippen LogP contribution in [0, 0.1) is 0 Å². The Kier molecular flexibility index (Phi) is 4.83. The molecule has 2 heterocycles. The largest absolute Gasteiger partial charge is 0.396 e. The van der Waals surface area contributed by atoms with Gasteiger partial charge >= 0.3 is 0 Å². The Morgan fingerprint density at radius 1 is 1.09 bits per heavy atom. The lowest BCUT2D eigenvalue weighted by Gasteiger charge is -2.19. The highest BCUT2D eigenvalue weighted by Gasteiger charge is 2.11. The number of pyridine rings is 1. The summed E-state index contributed by atoms with van der Waals surface area (Å²) in [6.07, 6.45) is 5.65. The third-order valence-corrected chi connectivity index (χ3v) is 3.88. The second kappa shape index (κ2) is 7.20. The highest BCUT2D eigenvalue weighted by atomic mass is 16.2. The number of benzene rings is 1. The smallest absolute Gasteiger partial charge is 0.136 e. The monoisotopic (exact) mass is 295 g/mol. The van der Waals surface area contributed by atoms with E-state index in [4.69, 9.17) is 5.11 Å². The maximum absolute atomic E-state index is 9.11. The first-order valence-corrected chi connectivity index (χ1v) is 7.68. The molecule has 2 N–H and O–H groups in total. The van der Waals surface area contributed by atoms with Crippen molar-refractivity contribution >= 4 is 5.65 Å². The van der Waals surface area contributed by atoms with E-state index in [1.54, 1.807) is 0 Å². The Morgan fingerprint density at radius 3 is 2.73 bits per heavy atom. The average molecular weight is 295 g/mol. The van der Waals surface area contributed by atoms with E-state index in [0.29, 0.717) is 0 Å². The summed E-state index contributed by atoms with van der Waals surface area (Å²) < 4.78 is 2.10. The van der Waals surface area contributed by atoms with Gasteiger partial charge in [0.2, 0.25) is 0 Å². The first-order valence-electron chi connectivity index (χ1n) is 7.68. The van der Waals surface area contributed by atoms with Crippen molar-refractivity contribution in [2.45, 2.75) is 25.4 Å². The summed E-state index contributed by atoms with van der Waals surface area (Å²) in [5.74, 6) is 0. The molecule has 1 atom stereocenters. The third-order valence-electron chi connectivity index (χ3n) is 3.88. The number of imidazole rings is 1. The van der Waals surface area contributed by atoms with Crippen LogP contribution >= 0.6 is 0 Å². The van der Waals surface area contributed by atoms with Gasteiger partial charge in [-0.1, -0.05) is 36.4 Å². The lowest BCUT2D eigenvalue weighted by atomic mass is 10.0. The standard InChI is InChI=1S/C18H21N3O/c22-12-6-9-17(15-7-2-1-3-8-15)19-13-16-14-20-18-10-4-5-11-21(16)18/h1-5,7-8,10-11,14,17,19,22H,6,9,12-13H2. The van der Waals surface area contributed by atoms with Gasteiger partial charge in [-0.25, -0.2) is 4.98 Å². The zero-order valence-electron chi connectivity index (χ0n) is 12.5. The molecule has 0 bridgehead atoms. The summed E-state index contributed by atoms with van der Waals surface area (Å²) in [6.45, 7) is 0.969. The van der Waals surface area contributed by atoms with Crippen molar-refractivity contribution in [1.29, 1.82) is 0 Å². The highest BCUT2D eigenvalue weighted by Crippen LogP contribution is 2.19. The zero-order chi connectivity index (χ0) is 15.2. The van der Waals surface area contributed by atoms with Crippen LogP contribution in [0.5, 0.6) is 0 Å². The van der Waals surface area contributed by atoms with E-state index < -0.39 is 0 Å². The molecular weight excluding hydrogens is 274 g/mol. The van der Waals surface area contributed by atoms with Gasteiger partial charge in [-0.3, -0.25) is 0 Å². The molecule has 0 saturated carbocycles. The minimum atomic E-state index is 0.223. The van der Waals surface area contributed by atoms with Crippen LogP contribution in [0.4, 0.5) is 0 Å². The molecule has 22 heavy (non-hydrogen) atoms. The van der Waals surface area contributed by atoms with Gasteiger partial charge in [0.1, 0.15) is 5.65 Å². The number of aliphatic hydroxyl groups excluding tert-OH is 1. The van der Waals surface area contributed by atoms with Crippen molar-refractivity contribution in [1.82, 2.24) is 14.7 Å². The summed E-state index contributed by atoms with van der Waals surface area (Å²) in [5.41, 5.74) is 3.36. The first-order chi connectivity index (χ1) is 10.9. The topological polar surface area (TPSA) is 49.6 Å². The van der Waals surface area contributed by atoms with Gasteiger partial charge < -0.3 is 14.8 Å². The molecule has 114 valence electrons. The van der Waals surface area contributed by atoms with Gasteiger partial charge in [0.05, 0.1) is 11.9 Å². The van der Waals surface area contributed by atoms with E-state index in [9.17, 15) is 0 Å². The molecule has 0 aliphatic rings. The molecule has 4 nitrogen and oxygen atoms in total. The summed E-state index contributed by atoms with van der Waals surface area (Å²) in [5, 5.41) is 12.7. The predicted molar refractivity (Wildman–Crippen MR) is 87.5 cm³/mol. The van der Waals surface area contributed by atoms with Crippen LogP contribution in [0.1, 0.15) is 30.1 Å². The van der Waals surface area contributed by atoms with Crippen LogP contribution in [0.3, 0.4) is 0 Å². The van der Waals surface area contributed by atoms with Gasteiger partial charge in [-0.2, -0.15) is 0 Å². The van der Waals surface area contributed by atoms with E-state index in [-0.39, 0.29) is 12.6 Å². The van der Waals surface area contributed by atoms with Crippen molar-refractivity contribution in [2.75, 3.05) is 6.61 Å². The second-order valence-corrected chi connectivity index (χ2v) is 5.39. The maximum atomic E-state index is 9.11. The minimum absolute atomic E-state index is 0.223. The maximum Gasteiger partial charge on any atom is 0.136 e. The van der Waals surface area contributed by atoms with E-state index >= 15 is 0 Å². The van der Waals surface area contributed by atoms with Crippen molar-refractivity contribution in [2.24, 2.45) is 0 Å². The molecule has 0 amide bonds. The van der Waals surface area contributed by atoms with Crippen molar-refractivity contribution in [3.05, 3.63) is 72.2 Å². The lowest BCUT2D eigenvalue weighted by molar-refractivity contribution is 0.274. The Labute approximate surface area is 130 Å². The van der Waals surface area contributed by atoms with Crippen molar-refractivity contribution < 1.29 is 5.11 Å². The third kappa shape index (κ3) is 3.35. The number of hydrogen-bond donors (Lipinski definition) is 2. The molecule has 0 saturated heterocycles. The molecular formula is C18H21N3O. The second-order valence-electron chi connectivity index (χ2n) is 5.39. The normalized spacial score (nSPS) is 12.6. The van der Waals surface area contributed by atoms with E-state index in [1.165, 1.54) is 5.56 Å². The number of hydrogen-bond acceptors (Lipinski definition) is 3. The average Bonchev–Trinajstić information content (AvgIpc) is 2.99. The highest BCUT2D eigenvalue weighted by molar-refractivity contribution is 5.39. The molecule has 1 aromatic carbocycles. The SMILES string of the molecule is OCCCC(NCc1cnc2ccccn12)c1ccccc1. The van der Waals surface area contributed by atoms with Crippen LogP contribution in [0.15, 0.2) is 60.9 Å². The number of rotatable bonds is 7. The summed E-state index contributed by atoms with van der Waals surface area (Å²) in [7, 11) is 0. The fourth-order valence-corrected chi connectivity index (χ4v) is 2.71. The molecule has 0 aliphatic heterocycles. The Bertz CT molecular complexity index is 708. The summed E-state index contributed by atoms with van der Waals surface area (Å²) in [6, 6.07) is 16.6. The van der Waals surface area contributed by atoms with Gasteiger partial charge in [0.15, 0.2) is 0 Å². The van der Waals surface area contributed by atoms with Gasteiger partial charge in [0.25, 0.3) is 0 Å². The molecule has 0 spiro atoms. The van der Waals surface area contributed by atoms with Crippen LogP contribution in [0.25, 0.3) is 5.65 Å². The van der Waals surface area contributed by atoms with Crippen LogP contribution in [-0.2, 0) is 6.54 Å². The summed E-state index contributed by atoms with van der Waals surface area (Å²) >= 11 is 0. The van der Waals surface area contributed by atoms with Crippen LogP contribution in [0.2, 0.25) is 0 Å². The fraction of sp³-hybridized carbons (Fsp3) is 0.278. The molecule has 0 fully saturated rings. The molecule has 0 aliphatic carbocycles. The molecule has 4 heteroatoms. The molecule has 3 rings (SSSR count). The first kappa shape index (κ1) is 14.8. The number of aliphatic hydroxyl groups is 1. The van der Waals surface area contributed by atoms with Crippen molar-refractivity contribution in [3.63, 3.8) is 0 Å². The number of nitrogens with zero attached hydrogens (tertiary/aromatic N) is 2. The molecule has 2 aromatic heterocycles. The lowest BCUT2D eigenvalue weighted by Crippen LogP contribution is -2.22. The van der Waals surface area contributed by atoms with Crippen molar-refractivity contribution in [3.8, 4) is 0 Å². The van der Waals surface area contributed by atoms with Gasteiger partial charge in [-0.05, 0) is 30.5 Å². The van der Waals surface area contributed by atoms with E-state index in [0.717, 1.165) is 30.7 Å². The fourth-order valence-electron chi connectivity index (χ4n) is 2.71. The molecule has 1 unspecified atom stereocenters. The Hall–Kier alpha value is -2.17. The quantitative estimate of drug-likeness (QED) is 0.704. The van der Waals surface area contributed by atoms with Crippen LogP contribution in [-0.4, -0.2) is 21.1 Å².